The zero-order chi connectivity index (χ0) is 18.0. The third kappa shape index (κ3) is 3.53. The Labute approximate surface area is 145 Å². The Morgan fingerprint density at radius 3 is 2.76 bits per heavy atom. The maximum Gasteiger partial charge on any atom is 0.280 e. The molecule has 0 unspecified atom stereocenters. The molecule has 1 amide bonds. The molecule has 0 aromatic heterocycles. The summed E-state index contributed by atoms with van der Waals surface area (Å²) in [6.45, 7) is -0.0335. The highest BCUT2D eigenvalue weighted by atomic mass is 35.5. The van der Waals surface area contributed by atoms with Gasteiger partial charge in [-0.15, -0.1) is 0 Å². The van der Waals surface area contributed by atoms with E-state index < -0.39 is 16.6 Å². The van der Waals surface area contributed by atoms with Crippen LogP contribution >= 0.6 is 11.6 Å². The number of fused-ring (bicyclic) bond motifs is 1. The van der Waals surface area contributed by atoms with Gasteiger partial charge in [-0.25, -0.2) is 4.39 Å². The second kappa shape index (κ2) is 6.78. The number of carbonyl (C=O) groups is 1. The minimum Gasteiger partial charge on any atom is -0.454 e. The summed E-state index contributed by atoms with van der Waals surface area (Å²) in [4.78, 5) is 22.5. The number of hydrogen-bond acceptors (Lipinski definition) is 5. The van der Waals surface area contributed by atoms with Crippen LogP contribution < -0.4 is 14.8 Å². The number of amides is 1. The SMILES string of the molecule is O=C(/C=C/c1cc2c(cc1[N+](=O)[O-])OCO2)Nc1cccc(Cl)c1F. The van der Waals surface area contributed by atoms with E-state index in [0.29, 0.717) is 5.75 Å². The van der Waals surface area contributed by atoms with Gasteiger partial charge in [-0.1, -0.05) is 17.7 Å². The van der Waals surface area contributed by atoms with Crippen LogP contribution in [0.1, 0.15) is 5.56 Å². The number of halogens is 2. The Morgan fingerprint density at radius 1 is 1.32 bits per heavy atom. The van der Waals surface area contributed by atoms with Crippen molar-refractivity contribution in [1.29, 1.82) is 0 Å². The molecule has 0 fully saturated rings. The fraction of sp³-hybridized carbons (Fsp3) is 0.0625. The summed E-state index contributed by atoms with van der Waals surface area (Å²) < 4.78 is 24.0. The Kier molecular flexibility index (Phi) is 4.53. The van der Waals surface area contributed by atoms with E-state index in [1.165, 1.54) is 36.4 Å². The number of nitro benzene ring substituents is 1. The highest BCUT2D eigenvalue weighted by Gasteiger charge is 2.22. The number of benzene rings is 2. The Balaban J connectivity index is 1.83. The molecule has 1 heterocycles. The van der Waals surface area contributed by atoms with Crippen LogP contribution in [0.2, 0.25) is 5.02 Å². The second-order valence-corrected chi connectivity index (χ2v) is 5.35. The minimum absolute atomic E-state index is 0.0335. The quantitative estimate of drug-likeness (QED) is 0.506. The Bertz CT molecular complexity index is 900. The van der Waals surface area contributed by atoms with Crippen LogP contribution in [0.25, 0.3) is 6.08 Å². The summed E-state index contributed by atoms with van der Waals surface area (Å²) in [6, 6.07) is 6.78. The summed E-state index contributed by atoms with van der Waals surface area (Å²) >= 11 is 5.63. The normalized spacial score (nSPS) is 12.4. The van der Waals surface area contributed by atoms with Gasteiger partial charge in [0.15, 0.2) is 17.3 Å². The van der Waals surface area contributed by atoms with Crippen molar-refractivity contribution in [1.82, 2.24) is 0 Å². The van der Waals surface area contributed by atoms with Crippen molar-refractivity contribution in [2.45, 2.75) is 0 Å². The topological polar surface area (TPSA) is 90.7 Å². The van der Waals surface area contributed by atoms with Crippen molar-refractivity contribution < 1.29 is 23.6 Å². The molecule has 0 atom stereocenters. The molecule has 25 heavy (non-hydrogen) atoms. The van der Waals surface area contributed by atoms with Gasteiger partial charge < -0.3 is 14.8 Å². The van der Waals surface area contributed by atoms with Gasteiger partial charge in [0.25, 0.3) is 5.69 Å². The molecule has 1 N–H and O–H groups in total. The number of rotatable bonds is 4. The molecule has 0 saturated carbocycles. The molecule has 0 radical (unpaired) electrons. The van der Waals surface area contributed by atoms with E-state index in [1.807, 2.05) is 0 Å². The van der Waals surface area contributed by atoms with Crippen LogP contribution in [-0.2, 0) is 4.79 Å². The average Bonchev–Trinajstić information content (AvgIpc) is 3.03. The maximum atomic E-state index is 13.8. The Hall–Kier alpha value is -3.13. The smallest absolute Gasteiger partial charge is 0.280 e. The highest BCUT2D eigenvalue weighted by Crippen LogP contribution is 2.38. The molecule has 2 aromatic carbocycles. The van der Waals surface area contributed by atoms with Crippen LogP contribution in [0.4, 0.5) is 15.8 Å². The first-order chi connectivity index (χ1) is 12.0. The number of nitrogens with one attached hydrogen (secondary N) is 1. The Morgan fingerprint density at radius 2 is 2.04 bits per heavy atom. The number of ether oxygens (including phenoxy) is 2. The molecule has 0 spiro atoms. The van der Waals surface area contributed by atoms with E-state index in [1.54, 1.807) is 0 Å². The van der Waals surface area contributed by atoms with E-state index in [9.17, 15) is 19.3 Å². The average molecular weight is 365 g/mol. The summed E-state index contributed by atoms with van der Waals surface area (Å²) in [5, 5.41) is 13.3. The first kappa shape index (κ1) is 16.7. The zero-order valence-electron chi connectivity index (χ0n) is 12.5. The van der Waals surface area contributed by atoms with Crippen molar-refractivity contribution in [2.24, 2.45) is 0 Å². The molecule has 128 valence electrons. The lowest BCUT2D eigenvalue weighted by atomic mass is 10.1. The van der Waals surface area contributed by atoms with E-state index >= 15 is 0 Å². The minimum atomic E-state index is -0.764. The fourth-order valence-corrected chi connectivity index (χ4v) is 2.35. The van der Waals surface area contributed by atoms with Gasteiger partial charge in [0, 0.05) is 6.08 Å². The van der Waals surface area contributed by atoms with E-state index in [-0.39, 0.29) is 34.5 Å². The maximum absolute atomic E-state index is 13.8. The molecule has 0 aliphatic carbocycles. The molecule has 7 nitrogen and oxygen atoms in total. The fourth-order valence-electron chi connectivity index (χ4n) is 2.18. The summed E-state index contributed by atoms with van der Waals surface area (Å²) in [5.74, 6) is -0.839. The molecule has 0 saturated heterocycles. The van der Waals surface area contributed by atoms with Gasteiger partial charge in [0.1, 0.15) is 0 Å². The van der Waals surface area contributed by atoms with Gasteiger partial charge in [0.2, 0.25) is 12.7 Å². The zero-order valence-corrected chi connectivity index (χ0v) is 13.2. The van der Waals surface area contributed by atoms with Crippen LogP contribution in [0.15, 0.2) is 36.4 Å². The monoisotopic (exact) mass is 364 g/mol. The lowest BCUT2D eigenvalue weighted by Gasteiger charge is -2.05. The first-order valence-electron chi connectivity index (χ1n) is 6.97. The summed E-state index contributed by atoms with van der Waals surface area (Å²) in [7, 11) is 0. The molecule has 0 bridgehead atoms. The van der Waals surface area contributed by atoms with Crippen LogP contribution in [0.5, 0.6) is 11.5 Å². The van der Waals surface area contributed by atoms with Gasteiger partial charge in [0.05, 0.1) is 27.3 Å². The van der Waals surface area contributed by atoms with E-state index in [0.717, 1.165) is 6.08 Å². The van der Waals surface area contributed by atoms with Crippen molar-refractivity contribution >= 4 is 35.0 Å². The largest absolute Gasteiger partial charge is 0.454 e. The molecule has 1 aliphatic rings. The first-order valence-corrected chi connectivity index (χ1v) is 7.34. The van der Waals surface area contributed by atoms with Crippen molar-refractivity contribution in [3.8, 4) is 11.5 Å². The predicted octanol–water partition coefficient (Wildman–Crippen LogP) is 3.77. The number of anilines is 1. The third-order valence-electron chi connectivity index (χ3n) is 3.34. The predicted molar refractivity (Wildman–Crippen MR) is 88.3 cm³/mol. The summed E-state index contributed by atoms with van der Waals surface area (Å²) in [6.07, 6.45) is 2.28. The molecule has 3 rings (SSSR count). The van der Waals surface area contributed by atoms with Crippen molar-refractivity contribution in [3.63, 3.8) is 0 Å². The second-order valence-electron chi connectivity index (χ2n) is 4.95. The molecule has 9 heteroatoms. The summed E-state index contributed by atoms with van der Waals surface area (Å²) in [5.41, 5.74) is -0.194. The molecular weight excluding hydrogens is 355 g/mol. The van der Waals surface area contributed by atoms with E-state index in [4.69, 9.17) is 21.1 Å². The van der Waals surface area contributed by atoms with Gasteiger partial charge in [-0.05, 0) is 24.3 Å². The standard InChI is InChI=1S/C16H10ClFN2O5/c17-10-2-1-3-11(16(10)18)19-15(21)5-4-9-6-13-14(25-8-24-13)7-12(9)20(22)23/h1-7H,8H2,(H,19,21)/b5-4+. The van der Waals surface area contributed by atoms with Crippen LogP contribution in [0, 0.1) is 15.9 Å². The highest BCUT2D eigenvalue weighted by molar-refractivity contribution is 6.31. The lowest BCUT2D eigenvalue weighted by molar-refractivity contribution is -0.385. The number of carbonyl (C=O) groups excluding carboxylic acids is 1. The lowest BCUT2D eigenvalue weighted by Crippen LogP contribution is -2.09. The van der Waals surface area contributed by atoms with Crippen LogP contribution in [-0.4, -0.2) is 17.6 Å². The molecular formula is C16H10ClFN2O5. The van der Waals surface area contributed by atoms with Crippen LogP contribution in [0.3, 0.4) is 0 Å². The molecule has 2 aromatic rings. The van der Waals surface area contributed by atoms with E-state index in [2.05, 4.69) is 5.32 Å². The van der Waals surface area contributed by atoms with Crippen molar-refractivity contribution in [2.75, 3.05) is 12.1 Å². The van der Waals surface area contributed by atoms with Gasteiger partial charge in [-0.2, -0.15) is 0 Å². The number of nitro groups is 1. The number of nitrogens with zero attached hydrogens (tertiary/aromatic N) is 1. The third-order valence-corrected chi connectivity index (χ3v) is 3.63. The van der Waals surface area contributed by atoms with Crippen molar-refractivity contribution in [3.05, 3.63) is 62.9 Å². The van der Waals surface area contributed by atoms with Gasteiger partial charge >= 0.3 is 0 Å². The molecule has 1 aliphatic heterocycles. The van der Waals surface area contributed by atoms with Gasteiger partial charge in [-0.3, -0.25) is 14.9 Å². The number of hydrogen-bond donors (Lipinski definition) is 1.